The fourth-order valence-electron chi connectivity index (χ4n) is 4.78. The summed E-state index contributed by atoms with van der Waals surface area (Å²) < 4.78 is 3.41. The minimum absolute atomic E-state index is 0.0426. The molecule has 1 aliphatic rings. The number of imidazole rings is 1. The maximum absolute atomic E-state index is 13.4. The van der Waals surface area contributed by atoms with Gasteiger partial charge in [-0.3, -0.25) is 23.5 Å². The average Bonchev–Trinajstić information content (AvgIpc) is 3.35. The summed E-state index contributed by atoms with van der Waals surface area (Å²) in [6.07, 6.45) is 0. The van der Waals surface area contributed by atoms with Crippen molar-refractivity contribution in [2.45, 2.75) is 6.54 Å². The number of para-hydroxylation sites is 2. The average molecular weight is 364 g/mol. The van der Waals surface area contributed by atoms with Gasteiger partial charge in [-0.2, -0.15) is 0 Å². The van der Waals surface area contributed by atoms with Crippen LogP contribution in [0.15, 0.2) is 63.1 Å². The molecular weight excluding hydrogens is 352 g/mol. The van der Waals surface area contributed by atoms with Gasteiger partial charge in [0.05, 0.1) is 17.6 Å². The lowest BCUT2D eigenvalue weighted by Gasteiger charge is -2.12. The van der Waals surface area contributed by atoms with E-state index >= 15 is 0 Å². The van der Waals surface area contributed by atoms with Gasteiger partial charge < -0.3 is 0 Å². The van der Waals surface area contributed by atoms with Crippen molar-refractivity contribution in [3.63, 3.8) is 0 Å². The van der Waals surface area contributed by atoms with E-state index in [1.807, 2.05) is 36.4 Å². The van der Waals surface area contributed by atoms with Crippen LogP contribution in [0.1, 0.15) is 0 Å². The molecular formula is C22H12N4O2. The molecule has 0 saturated carbocycles. The highest BCUT2D eigenvalue weighted by Crippen LogP contribution is 2.33. The molecule has 0 atom stereocenters. The summed E-state index contributed by atoms with van der Waals surface area (Å²) in [4.78, 5) is 35.7. The quantitative estimate of drug-likeness (QED) is 0.388. The highest BCUT2D eigenvalue weighted by molar-refractivity contribution is 6.25. The van der Waals surface area contributed by atoms with Crippen molar-refractivity contribution in [1.82, 2.24) is 14.0 Å². The van der Waals surface area contributed by atoms with Crippen molar-refractivity contribution < 1.29 is 0 Å². The molecule has 0 amide bonds. The zero-order valence-electron chi connectivity index (χ0n) is 14.6. The van der Waals surface area contributed by atoms with Crippen LogP contribution in [-0.2, 0) is 6.54 Å². The molecule has 4 heterocycles. The Hall–Kier alpha value is -3.80. The molecule has 0 fully saturated rings. The van der Waals surface area contributed by atoms with Crippen molar-refractivity contribution in [3.05, 3.63) is 74.7 Å². The van der Waals surface area contributed by atoms with Gasteiger partial charge >= 0.3 is 0 Å². The third kappa shape index (κ3) is 1.44. The Morgan fingerprint density at radius 2 is 1.50 bits per heavy atom. The van der Waals surface area contributed by atoms with E-state index < -0.39 is 0 Å². The summed E-state index contributed by atoms with van der Waals surface area (Å²) in [5, 5.41) is 4.67. The number of fused-ring (bicyclic) bond motifs is 6. The standard InChI is InChI=1S/C22H12N4O2/c27-21-13-7-8-14-18-12(6-5-11(17(13)18)19-23-9-10-25(19)21)20-24-15-3-1-2-4-16(15)26(20)22(14)28/h1-8H,9-10H2. The highest BCUT2D eigenvalue weighted by atomic mass is 16.1. The van der Waals surface area contributed by atoms with Crippen LogP contribution in [-0.4, -0.2) is 20.5 Å². The number of benzene rings is 3. The summed E-state index contributed by atoms with van der Waals surface area (Å²) in [5.74, 6) is 0. The number of nitrogens with zero attached hydrogens (tertiary/aromatic N) is 4. The predicted octanol–water partition coefficient (Wildman–Crippen LogP) is 2.26. The first-order valence-corrected chi connectivity index (χ1v) is 9.23. The molecule has 0 spiro atoms. The molecule has 28 heavy (non-hydrogen) atoms. The molecule has 7 rings (SSSR count). The van der Waals surface area contributed by atoms with Crippen molar-refractivity contribution in [2.75, 3.05) is 6.54 Å². The Bertz CT molecular complexity index is 1810. The van der Waals surface area contributed by atoms with E-state index in [1.165, 1.54) is 0 Å². The van der Waals surface area contributed by atoms with E-state index in [-0.39, 0.29) is 11.1 Å². The number of aromatic nitrogens is 3. The maximum atomic E-state index is 13.4. The largest absolute Gasteiger partial charge is 0.291 e. The Balaban J connectivity index is 1.90. The summed E-state index contributed by atoms with van der Waals surface area (Å²) >= 11 is 0. The van der Waals surface area contributed by atoms with Crippen LogP contribution in [0.2, 0.25) is 0 Å². The van der Waals surface area contributed by atoms with Gasteiger partial charge in [0.15, 0.2) is 0 Å². The minimum atomic E-state index is -0.108. The Morgan fingerprint density at radius 1 is 0.786 bits per heavy atom. The van der Waals surface area contributed by atoms with E-state index in [0.29, 0.717) is 35.0 Å². The summed E-state index contributed by atoms with van der Waals surface area (Å²) in [7, 11) is 0. The molecule has 0 aliphatic carbocycles. The SMILES string of the molecule is O=c1c2ccc3c(=O)n4c5ccccc5nc4c4ccc(c5n1CCN=5)c2c34. The van der Waals surface area contributed by atoms with Crippen LogP contribution < -0.4 is 16.6 Å². The van der Waals surface area contributed by atoms with Crippen LogP contribution in [0.5, 0.6) is 0 Å². The molecule has 0 N–H and O–H groups in total. The third-order valence-electron chi connectivity index (χ3n) is 5.95. The van der Waals surface area contributed by atoms with Crippen LogP contribution in [0.3, 0.4) is 0 Å². The van der Waals surface area contributed by atoms with Crippen molar-refractivity contribution in [2.24, 2.45) is 4.99 Å². The number of pyridine rings is 2. The van der Waals surface area contributed by atoms with Gasteiger partial charge in [-0.05, 0) is 36.4 Å². The van der Waals surface area contributed by atoms with E-state index in [4.69, 9.17) is 4.98 Å². The van der Waals surface area contributed by atoms with Crippen LogP contribution in [0, 0.1) is 0 Å². The summed E-state index contributed by atoms with van der Waals surface area (Å²) in [5.41, 5.74) is 2.77. The molecule has 1 aliphatic heterocycles. The molecule has 6 nitrogen and oxygen atoms in total. The van der Waals surface area contributed by atoms with Gasteiger partial charge in [0.25, 0.3) is 11.1 Å². The first kappa shape index (κ1) is 14.3. The second kappa shape index (κ2) is 4.54. The zero-order chi connectivity index (χ0) is 18.6. The molecule has 3 aromatic heterocycles. The second-order valence-corrected chi connectivity index (χ2v) is 7.30. The fourth-order valence-corrected chi connectivity index (χ4v) is 4.78. The first-order valence-electron chi connectivity index (χ1n) is 9.23. The van der Waals surface area contributed by atoms with Gasteiger partial charge in [0.1, 0.15) is 11.1 Å². The molecule has 0 bridgehead atoms. The first-order chi connectivity index (χ1) is 13.7. The van der Waals surface area contributed by atoms with Crippen molar-refractivity contribution >= 4 is 49.0 Å². The highest BCUT2D eigenvalue weighted by Gasteiger charge is 2.21. The summed E-state index contributed by atoms with van der Waals surface area (Å²) in [6.45, 7) is 1.22. The lowest BCUT2D eigenvalue weighted by molar-refractivity contribution is 0.738. The van der Waals surface area contributed by atoms with Gasteiger partial charge in [-0.25, -0.2) is 4.98 Å². The lowest BCUT2D eigenvalue weighted by atomic mass is 9.96. The Kier molecular flexibility index (Phi) is 2.31. The molecule has 0 saturated heterocycles. The Labute approximate surface area is 156 Å². The third-order valence-corrected chi connectivity index (χ3v) is 5.95. The molecule has 6 aromatic rings. The van der Waals surface area contributed by atoms with E-state index in [1.54, 1.807) is 21.1 Å². The zero-order valence-corrected chi connectivity index (χ0v) is 14.6. The van der Waals surface area contributed by atoms with Gasteiger partial charge in [0.2, 0.25) is 0 Å². The van der Waals surface area contributed by atoms with E-state index in [9.17, 15) is 9.59 Å². The van der Waals surface area contributed by atoms with Gasteiger partial charge in [-0.1, -0.05) is 12.1 Å². The minimum Gasteiger partial charge on any atom is -0.291 e. The van der Waals surface area contributed by atoms with Crippen LogP contribution in [0.25, 0.3) is 49.0 Å². The van der Waals surface area contributed by atoms with Crippen LogP contribution >= 0.6 is 0 Å². The number of rotatable bonds is 0. The summed E-state index contributed by atoms with van der Waals surface area (Å²) in [6, 6.07) is 15.2. The monoisotopic (exact) mass is 364 g/mol. The maximum Gasteiger partial charge on any atom is 0.264 e. The number of hydrogen-bond donors (Lipinski definition) is 0. The fraction of sp³-hybridized carbons (Fsp3) is 0.0909. The van der Waals surface area contributed by atoms with E-state index in [2.05, 4.69) is 4.99 Å². The lowest BCUT2D eigenvalue weighted by Crippen LogP contribution is -2.31. The molecule has 3 aromatic carbocycles. The smallest absolute Gasteiger partial charge is 0.264 e. The van der Waals surface area contributed by atoms with Gasteiger partial charge in [-0.15, -0.1) is 0 Å². The van der Waals surface area contributed by atoms with Crippen molar-refractivity contribution in [1.29, 1.82) is 0 Å². The molecule has 6 heteroatoms. The molecule has 0 unspecified atom stereocenters. The van der Waals surface area contributed by atoms with E-state index in [0.717, 1.165) is 32.6 Å². The van der Waals surface area contributed by atoms with Crippen molar-refractivity contribution in [3.8, 4) is 0 Å². The van der Waals surface area contributed by atoms with Gasteiger partial charge in [0, 0.05) is 38.9 Å². The molecule has 0 radical (unpaired) electrons. The topological polar surface area (TPSA) is 68.7 Å². The molecule has 132 valence electrons. The van der Waals surface area contributed by atoms with Crippen LogP contribution in [0.4, 0.5) is 0 Å². The Morgan fingerprint density at radius 3 is 2.39 bits per heavy atom. The normalized spacial score (nSPS) is 14.0. The second-order valence-electron chi connectivity index (χ2n) is 7.30. The predicted molar refractivity (Wildman–Crippen MR) is 109 cm³/mol. The number of hydrogen-bond acceptors (Lipinski definition) is 4.